The van der Waals surface area contributed by atoms with Crippen molar-refractivity contribution in [1.29, 1.82) is 0 Å². The zero-order valence-corrected chi connectivity index (χ0v) is 58.7. The topological polar surface area (TPSA) is 108 Å². The Morgan fingerprint density at radius 3 is 0.942 bits per heavy atom. The molecule has 0 saturated carbocycles. The maximum atomic E-state index is 12.9. The van der Waals surface area contributed by atoms with E-state index in [1.54, 1.807) is 0 Å². The number of hydrogen-bond donors (Lipinski definition) is 1. The van der Waals surface area contributed by atoms with Gasteiger partial charge in [0.05, 0.1) is 27.7 Å². The summed E-state index contributed by atoms with van der Waals surface area (Å²) in [5.41, 5.74) is 0. The molecule has 9 nitrogen and oxygen atoms in total. The number of ether oxygens (including phenoxy) is 2. The molecule has 0 aromatic rings. The summed E-state index contributed by atoms with van der Waals surface area (Å²) in [6.45, 7) is 4.49. The molecule has 0 amide bonds. The molecule has 2 unspecified atom stereocenters. The number of phosphoric acid groups is 1. The molecule has 0 heterocycles. The second-order valence-electron chi connectivity index (χ2n) is 26.7. The summed E-state index contributed by atoms with van der Waals surface area (Å²) in [5.74, 6) is -0.777. The van der Waals surface area contributed by atoms with Crippen molar-refractivity contribution in [2.24, 2.45) is 0 Å². The van der Waals surface area contributed by atoms with E-state index < -0.39 is 26.5 Å². The van der Waals surface area contributed by atoms with Gasteiger partial charge in [0.1, 0.15) is 19.8 Å². The molecule has 0 aromatic heterocycles. The fourth-order valence-corrected chi connectivity index (χ4v) is 11.8. The third-order valence-electron chi connectivity index (χ3n) is 16.8. The van der Waals surface area contributed by atoms with Crippen molar-refractivity contribution >= 4 is 19.8 Å². The highest BCUT2D eigenvalue weighted by atomic mass is 31.2. The number of carbonyl (C=O) groups is 2. The van der Waals surface area contributed by atoms with Crippen LogP contribution in [-0.4, -0.2) is 74.9 Å². The van der Waals surface area contributed by atoms with Crippen molar-refractivity contribution in [2.45, 2.75) is 380 Å². The molecular weight excluding hydrogens is 1090 g/mol. The van der Waals surface area contributed by atoms with E-state index in [1.807, 2.05) is 21.1 Å². The van der Waals surface area contributed by atoms with Crippen molar-refractivity contribution < 1.29 is 42.1 Å². The van der Waals surface area contributed by atoms with Gasteiger partial charge in [-0.2, -0.15) is 0 Å². The molecule has 0 saturated heterocycles. The average Bonchev–Trinajstić information content (AvgIpc) is 3.70. The molecule has 10 heteroatoms. The summed E-state index contributed by atoms with van der Waals surface area (Å²) >= 11 is 0. The zero-order chi connectivity index (χ0) is 62.6. The van der Waals surface area contributed by atoms with Crippen LogP contribution in [0.1, 0.15) is 373 Å². The largest absolute Gasteiger partial charge is 0.472 e. The Balaban J connectivity index is 3.97. The van der Waals surface area contributed by atoms with Gasteiger partial charge in [0.15, 0.2) is 6.10 Å². The molecule has 0 aliphatic carbocycles. The van der Waals surface area contributed by atoms with E-state index in [-0.39, 0.29) is 25.6 Å². The van der Waals surface area contributed by atoms with Crippen molar-refractivity contribution in [3.63, 3.8) is 0 Å². The van der Waals surface area contributed by atoms with Crippen LogP contribution in [0.25, 0.3) is 0 Å². The number of unbranched alkanes of at least 4 members (excludes halogenated alkanes) is 48. The zero-order valence-electron chi connectivity index (χ0n) is 57.8. The Morgan fingerprint density at radius 2 is 0.628 bits per heavy atom. The SMILES string of the molecule is CCCCCCC/C=C\C/C=C\C/C=C\CCCCCCCCCCCCCCCCCCCCC(=O)OC(COC(=O)CCCCCCCCCCCCCCCCCCC/C=C\CCCCCCCCCC)COP(=O)(O)OCC[N+](C)(C)C. The van der Waals surface area contributed by atoms with Gasteiger partial charge in [-0.15, -0.1) is 0 Å². The van der Waals surface area contributed by atoms with Gasteiger partial charge >= 0.3 is 19.8 Å². The number of allylic oxidation sites excluding steroid dienone is 8. The minimum Gasteiger partial charge on any atom is -0.462 e. The van der Waals surface area contributed by atoms with E-state index in [4.69, 9.17) is 18.5 Å². The standard InChI is InChI=1S/C76H144NO8P/c1-6-8-10-12-14-16-18-20-22-24-26-28-30-32-34-36-37-38-39-41-43-45-47-49-51-53-55-57-59-61-63-65-67-69-76(79)85-74(73-84-86(80,81)83-71-70-77(3,4)5)72-82-75(78)68-66-64-62-60-58-56-54-52-50-48-46-44-42-40-35-33-31-29-27-25-23-21-19-17-15-13-11-9-7-2/h18,20,24-27,30,32,74H,6-17,19,21-23,28-29,31,33-73H2,1-5H3/p+1/b20-18-,26-24-,27-25-,32-30-. The maximum Gasteiger partial charge on any atom is 0.472 e. The van der Waals surface area contributed by atoms with Gasteiger partial charge in [0, 0.05) is 12.8 Å². The van der Waals surface area contributed by atoms with Crippen molar-refractivity contribution in [1.82, 2.24) is 0 Å². The van der Waals surface area contributed by atoms with Gasteiger partial charge in [-0.3, -0.25) is 18.6 Å². The van der Waals surface area contributed by atoms with Crippen LogP contribution in [0.5, 0.6) is 0 Å². The Labute approximate surface area is 534 Å². The number of nitrogens with zero attached hydrogens (tertiary/aromatic N) is 1. The van der Waals surface area contributed by atoms with Gasteiger partial charge < -0.3 is 18.9 Å². The fourth-order valence-electron chi connectivity index (χ4n) is 11.1. The third kappa shape index (κ3) is 71.1. The Hall–Kier alpha value is -2.03. The van der Waals surface area contributed by atoms with Crippen LogP contribution >= 0.6 is 7.82 Å². The first-order valence-electron chi connectivity index (χ1n) is 37.4. The van der Waals surface area contributed by atoms with Gasteiger partial charge in [-0.25, -0.2) is 4.57 Å². The molecule has 0 rings (SSSR count). The van der Waals surface area contributed by atoms with Crippen molar-refractivity contribution in [2.75, 3.05) is 47.5 Å². The third-order valence-corrected chi connectivity index (χ3v) is 17.8. The highest BCUT2D eigenvalue weighted by molar-refractivity contribution is 7.47. The van der Waals surface area contributed by atoms with Gasteiger partial charge in [0.25, 0.3) is 0 Å². The highest BCUT2D eigenvalue weighted by Gasteiger charge is 2.27. The highest BCUT2D eigenvalue weighted by Crippen LogP contribution is 2.43. The van der Waals surface area contributed by atoms with E-state index in [2.05, 4.69) is 62.5 Å². The van der Waals surface area contributed by atoms with E-state index in [0.717, 1.165) is 44.9 Å². The van der Waals surface area contributed by atoms with E-state index in [1.165, 1.54) is 295 Å². The van der Waals surface area contributed by atoms with Gasteiger partial charge in [-0.1, -0.05) is 332 Å². The average molecular weight is 1230 g/mol. The molecule has 0 radical (unpaired) electrons. The Bertz CT molecular complexity index is 1590. The van der Waals surface area contributed by atoms with Crippen LogP contribution in [0.2, 0.25) is 0 Å². The van der Waals surface area contributed by atoms with Gasteiger partial charge in [-0.05, 0) is 77.0 Å². The molecule has 0 bridgehead atoms. The molecular formula is C76H145NO8P+. The van der Waals surface area contributed by atoms with Crippen LogP contribution in [0, 0.1) is 0 Å². The minimum atomic E-state index is -4.39. The lowest BCUT2D eigenvalue weighted by atomic mass is 10.0. The molecule has 86 heavy (non-hydrogen) atoms. The second-order valence-corrected chi connectivity index (χ2v) is 28.1. The smallest absolute Gasteiger partial charge is 0.462 e. The summed E-state index contributed by atoms with van der Waals surface area (Å²) in [4.78, 5) is 35.9. The fraction of sp³-hybridized carbons (Fsp3) is 0.868. The molecule has 0 aliphatic rings. The molecule has 0 aliphatic heterocycles. The van der Waals surface area contributed by atoms with E-state index in [9.17, 15) is 19.0 Å². The predicted octanol–water partition coefficient (Wildman–Crippen LogP) is 24.4. The van der Waals surface area contributed by atoms with E-state index >= 15 is 0 Å². The first kappa shape index (κ1) is 84.0. The molecule has 1 N–H and O–H groups in total. The van der Waals surface area contributed by atoms with Crippen LogP contribution in [-0.2, 0) is 32.7 Å². The van der Waals surface area contributed by atoms with Crippen molar-refractivity contribution in [3.05, 3.63) is 48.6 Å². The summed E-state index contributed by atoms with van der Waals surface area (Å²) in [5, 5.41) is 0. The number of esters is 2. The number of carbonyl (C=O) groups excluding carboxylic acids is 2. The first-order valence-corrected chi connectivity index (χ1v) is 38.9. The lowest BCUT2D eigenvalue weighted by Gasteiger charge is -2.24. The molecule has 0 aromatic carbocycles. The summed E-state index contributed by atoms with van der Waals surface area (Å²) < 4.78 is 34.8. The lowest BCUT2D eigenvalue weighted by molar-refractivity contribution is -0.870. The quantitative estimate of drug-likeness (QED) is 0.0211. The van der Waals surface area contributed by atoms with Crippen LogP contribution in [0.15, 0.2) is 48.6 Å². The van der Waals surface area contributed by atoms with Crippen LogP contribution in [0.3, 0.4) is 0 Å². The number of likely N-dealkylation sites (N-methyl/N-ethyl adjacent to an activating group) is 1. The summed E-state index contributed by atoms with van der Waals surface area (Å²) in [7, 11) is 1.50. The van der Waals surface area contributed by atoms with Gasteiger partial charge in [0.2, 0.25) is 0 Å². The second kappa shape index (κ2) is 67.4. The summed E-state index contributed by atoms with van der Waals surface area (Å²) in [6.07, 6.45) is 88.1. The number of hydrogen-bond acceptors (Lipinski definition) is 7. The molecule has 506 valence electrons. The number of phosphoric ester groups is 1. The predicted molar refractivity (Wildman–Crippen MR) is 372 cm³/mol. The molecule has 0 spiro atoms. The minimum absolute atomic E-state index is 0.0338. The number of rotatable bonds is 70. The monoisotopic (exact) mass is 1230 g/mol. The first-order chi connectivity index (χ1) is 42.0. The maximum absolute atomic E-state index is 12.9. The summed E-state index contributed by atoms with van der Waals surface area (Å²) in [6, 6.07) is 0. The lowest BCUT2D eigenvalue weighted by Crippen LogP contribution is -2.37. The molecule has 2 atom stereocenters. The number of quaternary nitrogens is 1. The normalized spacial score (nSPS) is 13.3. The molecule has 0 fully saturated rings. The van der Waals surface area contributed by atoms with Crippen LogP contribution < -0.4 is 0 Å². The Morgan fingerprint density at radius 1 is 0.360 bits per heavy atom. The van der Waals surface area contributed by atoms with Crippen LogP contribution in [0.4, 0.5) is 0 Å². The van der Waals surface area contributed by atoms with E-state index in [0.29, 0.717) is 23.9 Å². The Kier molecular flexibility index (Phi) is 65.8. The van der Waals surface area contributed by atoms with Crippen molar-refractivity contribution in [3.8, 4) is 0 Å².